The summed E-state index contributed by atoms with van der Waals surface area (Å²) in [4.78, 5) is 14.7. The molecule has 0 bridgehead atoms. The van der Waals surface area contributed by atoms with E-state index >= 15 is 0 Å². The molecule has 2 N–H and O–H groups in total. The molecule has 0 saturated heterocycles. The summed E-state index contributed by atoms with van der Waals surface area (Å²) in [6, 6.07) is 3.46. The summed E-state index contributed by atoms with van der Waals surface area (Å²) < 4.78 is 37.5. The molecule has 1 amide bonds. The highest BCUT2D eigenvalue weighted by atomic mass is 19.4. The third-order valence-electron chi connectivity index (χ3n) is 2.29. The van der Waals surface area contributed by atoms with Gasteiger partial charge in [-0.05, 0) is 18.6 Å². The number of aromatic nitrogens is 1. The molecule has 8 heteroatoms. The first-order chi connectivity index (χ1) is 9.38. The average Bonchev–Trinajstić information content (AvgIpc) is 2.41. The third-order valence-corrected chi connectivity index (χ3v) is 2.29. The zero-order chi connectivity index (χ0) is 15.2. The quantitative estimate of drug-likeness (QED) is 0.866. The van der Waals surface area contributed by atoms with Crippen LogP contribution in [0.5, 0.6) is 0 Å². The summed E-state index contributed by atoms with van der Waals surface area (Å²) in [7, 11) is 0. The van der Waals surface area contributed by atoms with E-state index in [0.717, 1.165) is 18.6 Å². The predicted molar refractivity (Wildman–Crippen MR) is 65.7 cm³/mol. The Morgan fingerprint density at radius 3 is 2.70 bits per heavy atom. The van der Waals surface area contributed by atoms with E-state index in [2.05, 4.69) is 15.6 Å². The van der Waals surface area contributed by atoms with Gasteiger partial charge < -0.3 is 10.6 Å². The fraction of sp³-hybridized carbons (Fsp3) is 0.417. The van der Waals surface area contributed by atoms with Crippen molar-refractivity contribution in [2.24, 2.45) is 0 Å². The number of pyridine rings is 1. The van der Waals surface area contributed by atoms with Crippen molar-refractivity contribution in [3.63, 3.8) is 0 Å². The summed E-state index contributed by atoms with van der Waals surface area (Å²) in [5.74, 6) is -0.635. The van der Waals surface area contributed by atoms with Crippen LogP contribution in [0, 0.1) is 11.3 Å². The number of carbonyl (C=O) groups is 1. The van der Waals surface area contributed by atoms with Crippen molar-refractivity contribution in [3.8, 4) is 6.07 Å². The Morgan fingerprint density at radius 1 is 1.45 bits per heavy atom. The number of hydrogen-bond acceptors (Lipinski definition) is 4. The van der Waals surface area contributed by atoms with Crippen molar-refractivity contribution in [1.29, 1.82) is 5.26 Å². The van der Waals surface area contributed by atoms with Gasteiger partial charge in [0, 0.05) is 6.54 Å². The van der Waals surface area contributed by atoms with Gasteiger partial charge in [-0.1, -0.05) is 6.92 Å². The maximum absolute atomic E-state index is 12.5. The normalized spacial score (nSPS) is 10.8. The Bertz CT molecular complexity index is 522. The second-order valence-electron chi connectivity index (χ2n) is 3.91. The zero-order valence-electron chi connectivity index (χ0n) is 10.7. The van der Waals surface area contributed by atoms with E-state index in [-0.39, 0.29) is 23.8 Å². The lowest BCUT2D eigenvalue weighted by Gasteiger charge is -2.11. The average molecular weight is 286 g/mol. The van der Waals surface area contributed by atoms with Gasteiger partial charge in [-0.3, -0.25) is 4.79 Å². The van der Waals surface area contributed by atoms with E-state index < -0.39 is 11.9 Å². The van der Waals surface area contributed by atoms with Gasteiger partial charge in [0.2, 0.25) is 5.91 Å². The Morgan fingerprint density at radius 2 is 2.15 bits per heavy atom. The fourth-order valence-corrected chi connectivity index (χ4v) is 1.33. The number of alkyl halides is 3. The topological polar surface area (TPSA) is 77.8 Å². The van der Waals surface area contributed by atoms with Gasteiger partial charge in [-0.15, -0.1) is 0 Å². The lowest BCUT2D eigenvalue weighted by atomic mass is 10.2. The smallest absolute Gasteiger partial charge is 0.360 e. The Labute approximate surface area is 113 Å². The minimum atomic E-state index is -4.60. The van der Waals surface area contributed by atoms with E-state index in [1.807, 2.05) is 6.92 Å². The summed E-state index contributed by atoms with van der Waals surface area (Å²) in [5, 5.41) is 13.8. The maximum Gasteiger partial charge on any atom is 0.433 e. The molecular weight excluding hydrogens is 273 g/mol. The van der Waals surface area contributed by atoms with E-state index in [1.165, 1.54) is 0 Å². The van der Waals surface area contributed by atoms with Crippen molar-refractivity contribution < 1.29 is 18.0 Å². The molecule has 0 fully saturated rings. The van der Waals surface area contributed by atoms with E-state index in [1.54, 1.807) is 6.07 Å². The molecule has 0 saturated carbocycles. The number of nitrogens with zero attached hydrogens (tertiary/aromatic N) is 2. The number of carbonyl (C=O) groups excluding carboxylic acids is 1. The molecular formula is C12H13F3N4O. The van der Waals surface area contributed by atoms with E-state index in [4.69, 9.17) is 5.26 Å². The molecule has 1 aromatic rings. The van der Waals surface area contributed by atoms with Gasteiger partial charge in [-0.25, -0.2) is 4.98 Å². The minimum Gasteiger partial charge on any atom is -0.360 e. The molecule has 0 aromatic carbocycles. The molecule has 1 aromatic heterocycles. The van der Waals surface area contributed by atoms with E-state index in [9.17, 15) is 18.0 Å². The number of nitriles is 1. The molecule has 0 radical (unpaired) electrons. The highest BCUT2D eigenvalue weighted by Crippen LogP contribution is 2.29. The molecule has 1 heterocycles. The van der Waals surface area contributed by atoms with Crippen LogP contribution in [0.3, 0.4) is 0 Å². The van der Waals surface area contributed by atoms with Crippen LogP contribution in [0.4, 0.5) is 19.0 Å². The first-order valence-electron chi connectivity index (χ1n) is 5.87. The SMILES string of the molecule is CCCNC(=O)CNc1nc(C(F)(F)F)ccc1C#N. The molecule has 0 unspecified atom stereocenters. The number of amides is 1. The maximum atomic E-state index is 12.5. The van der Waals surface area contributed by atoms with Crippen molar-refractivity contribution >= 4 is 11.7 Å². The van der Waals surface area contributed by atoms with Crippen LogP contribution in [0.25, 0.3) is 0 Å². The first-order valence-corrected chi connectivity index (χ1v) is 5.87. The standard InChI is InChI=1S/C12H13F3N4O/c1-2-5-17-10(20)7-18-11-8(6-16)3-4-9(19-11)12(13,14)15/h3-4H,2,5,7H2,1H3,(H,17,20)(H,18,19). The van der Waals surface area contributed by atoms with Gasteiger partial charge in [0.05, 0.1) is 12.1 Å². The molecule has 1 rings (SSSR count). The minimum absolute atomic E-state index is 0.0544. The van der Waals surface area contributed by atoms with Crippen LogP contribution < -0.4 is 10.6 Å². The van der Waals surface area contributed by atoms with Crippen molar-refractivity contribution in [3.05, 3.63) is 23.4 Å². The summed E-state index contributed by atoms with van der Waals surface area (Å²) in [6.45, 7) is 2.10. The number of anilines is 1. The molecule has 20 heavy (non-hydrogen) atoms. The summed E-state index contributed by atoms with van der Waals surface area (Å²) in [5.41, 5.74) is -1.17. The first kappa shape index (κ1) is 15.8. The largest absolute Gasteiger partial charge is 0.433 e. The molecule has 5 nitrogen and oxygen atoms in total. The second kappa shape index (κ2) is 6.75. The van der Waals surface area contributed by atoms with Crippen LogP contribution >= 0.6 is 0 Å². The van der Waals surface area contributed by atoms with Gasteiger partial charge in [0.1, 0.15) is 17.6 Å². The highest BCUT2D eigenvalue weighted by molar-refractivity contribution is 5.80. The lowest BCUT2D eigenvalue weighted by Crippen LogP contribution is -2.30. The van der Waals surface area contributed by atoms with Crippen molar-refractivity contribution in [2.45, 2.75) is 19.5 Å². The van der Waals surface area contributed by atoms with Crippen LogP contribution in [0.1, 0.15) is 24.6 Å². The van der Waals surface area contributed by atoms with Crippen LogP contribution in [-0.2, 0) is 11.0 Å². The zero-order valence-corrected chi connectivity index (χ0v) is 10.7. The number of nitrogens with one attached hydrogen (secondary N) is 2. The Balaban J connectivity index is 2.82. The number of halogens is 3. The second-order valence-corrected chi connectivity index (χ2v) is 3.91. The van der Waals surface area contributed by atoms with Crippen LogP contribution in [-0.4, -0.2) is 24.0 Å². The van der Waals surface area contributed by atoms with Gasteiger partial charge in [0.25, 0.3) is 0 Å². The van der Waals surface area contributed by atoms with Gasteiger partial charge in [-0.2, -0.15) is 18.4 Å². The predicted octanol–water partition coefficient (Wildman–Crippen LogP) is 1.91. The number of hydrogen-bond donors (Lipinski definition) is 2. The molecule has 0 aliphatic rings. The lowest BCUT2D eigenvalue weighted by molar-refractivity contribution is -0.141. The van der Waals surface area contributed by atoms with Gasteiger partial charge in [0.15, 0.2) is 0 Å². The van der Waals surface area contributed by atoms with E-state index in [0.29, 0.717) is 6.54 Å². The van der Waals surface area contributed by atoms with Crippen LogP contribution in [0.15, 0.2) is 12.1 Å². The Kier molecular flexibility index (Phi) is 5.32. The molecule has 0 atom stereocenters. The molecule has 0 aliphatic carbocycles. The summed E-state index contributed by atoms with van der Waals surface area (Å²) in [6.07, 6.45) is -3.86. The molecule has 0 spiro atoms. The fourth-order valence-electron chi connectivity index (χ4n) is 1.33. The van der Waals surface area contributed by atoms with Crippen molar-refractivity contribution in [1.82, 2.24) is 10.3 Å². The third kappa shape index (κ3) is 4.42. The van der Waals surface area contributed by atoms with Crippen molar-refractivity contribution in [2.75, 3.05) is 18.4 Å². The van der Waals surface area contributed by atoms with Gasteiger partial charge >= 0.3 is 6.18 Å². The molecule has 108 valence electrons. The highest BCUT2D eigenvalue weighted by Gasteiger charge is 2.33. The Hall–Kier alpha value is -2.30. The number of rotatable bonds is 5. The molecule has 0 aliphatic heterocycles. The monoisotopic (exact) mass is 286 g/mol. The summed E-state index contributed by atoms with van der Waals surface area (Å²) >= 11 is 0. The van der Waals surface area contributed by atoms with Crippen LogP contribution in [0.2, 0.25) is 0 Å².